The minimum Gasteiger partial charge on any atom is -0.478 e. The average molecular weight is 280 g/mol. The van der Waals surface area contributed by atoms with Gasteiger partial charge in [0.1, 0.15) is 16.4 Å². The van der Waals surface area contributed by atoms with Crippen LogP contribution in [-0.4, -0.2) is 16.1 Å². The molecule has 0 bridgehead atoms. The zero-order chi connectivity index (χ0) is 13.8. The van der Waals surface area contributed by atoms with Crippen molar-refractivity contribution in [1.82, 2.24) is 4.98 Å². The number of rotatable bonds is 5. The van der Waals surface area contributed by atoms with Crippen molar-refractivity contribution >= 4 is 23.0 Å². The minimum atomic E-state index is -1.28. The standard InChI is InChI=1S/C13H13FN2O2S/c1-2-9(12-15-6-7-19-12)16-10-5-3-4-8(14)11(10)13(17)18/h3-7,9,16H,2H2,1H3,(H,17,18). The van der Waals surface area contributed by atoms with E-state index in [0.717, 1.165) is 17.5 Å². The van der Waals surface area contributed by atoms with Gasteiger partial charge in [-0.2, -0.15) is 0 Å². The number of benzene rings is 1. The van der Waals surface area contributed by atoms with E-state index < -0.39 is 11.8 Å². The highest BCUT2D eigenvalue weighted by Gasteiger charge is 2.19. The monoisotopic (exact) mass is 280 g/mol. The Morgan fingerprint density at radius 3 is 2.95 bits per heavy atom. The first-order valence-corrected chi connectivity index (χ1v) is 6.69. The van der Waals surface area contributed by atoms with Crippen molar-refractivity contribution in [2.45, 2.75) is 19.4 Å². The number of nitrogens with one attached hydrogen (secondary N) is 1. The largest absolute Gasteiger partial charge is 0.478 e. The Bertz CT molecular complexity index is 572. The van der Waals surface area contributed by atoms with Gasteiger partial charge in [-0.15, -0.1) is 11.3 Å². The molecule has 0 saturated heterocycles. The molecule has 0 spiro atoms. The van der Waals surface area contributed by atoms with Crippen molar-refractivity contribution in [3.8, 4) is 0 Å². The summed E-state index contributed by atoms with van der Waals surface area (Å²) in [6.45, 7) is 1.96. The zero-order valence-corrected chi connectivity index (χ0v) is 11.1. The number of anilines is 1. The lowest BCUT2D eigenvalue weighted by molar-refractivity contribution is 0.0693. The molecule has 0 aliphatic carbocycles. The number of aromatic carboxylic acids is 1. The van der Waals surface area contributed by atoms with Crippen LogP contribution in [0, 0.1) is 5.82 Å². The minimum absolute atomic E-state index is 0.125. The smallest absolute Gasteiger partial charge is 0.340 e. The summed E-state index contributed by atoms with van der Waals surface area (Å²) >= 11 is 1.48. The number of hydrogen-bond donors (Lipinski definition) is 2. The third-order valence-electron chi connectivity index (χ3n) is 2.71. The molecule has 0 amide bonds. The molecule has 0 saturated carbocycles. The topological polar surface area (TPSA) is 62.2 Å². The molecular formula is C13H13FN2O2S. The summed E-state index contributed by atoms with van der Waals surface area (Å²) in [5.41, 5.74) is -0.0629. The first-order chi connectivity index (χ1) is 9.13. The van der Waals surface area contributed by atoms with Gasteiger partial charge in [-0.05, 0) is 18.6 Å². The summed E-state index contributed by atoms with van der Waals surface area (Å²) in [6.07, 6.45) is 2.41. The normalized spacial score (nSPS) is 12.1. The lowest BCUT2D eigenvalue weighted by atomic mass is 10.1. The van der Waals surface area contributed by atoms with Gasteiger partial charge < -0.3 is 10.4 Å². The van der Waals surface area contributed by atoms with Gasteiger partial charge in [-0.3, -0.25) is 0 Å². The van der Waals surface area contributed by atoms with Crippen LogP contribution >= 0.6 is 11.3 Å². The van der Waals surface area contributed by atoms with Gasteiger partial charge in [0.15, 0.2) is 0 Å². The number of aromatic nitrogens is 1. The van der Waals surface area contributed by atoms with Crippen molar-refractivity contribution in [2.75, 3.05) is 5.32 Å². The number of halogens is 1. The Hall–Kier alpha value is -1.95. The number of carboxylic acid groups (broad SMARTS) is 1. The molecule has 0 aliphatic rings. The molecule has 0 aliphatic heterocycles. The van der Waals surface area contributed by atoms with Gasteiger partial charge in [-0.25, -0.2) is 14.2 Å². The number of carboxylic acids is 1. The van der Waals surface area contributed by atoms with Crippen LogP contribution < -0.4 is 5.32 Å². The van der Waals surface area contributed by atoms with Crippen LogP contribution in [0.5, 0.6) is 0 Å². The maximum absolute atomic E-state index is 13.6. The highest BCUT2D eigenvalue weighted by Crippen LogP contribution is 2.27. The molecule has 1 heterocycles. The fourth-order valence-electron chi connectivity index (χ4n) is 1.79. The van der Waals surface area contributed by atoms with E-state index >= 15 is 0 Å². The van der Waals surface area contributed by atoms with Crippen molar-refractivity contribution in [2.24, 2.45) is 0 Å². The second kappa shape index (κ2) is 5.79. The lowest BCUT2D eigenvalue weighted by Crippen LogP contribution is -2.13. The highest BCUT2D eigenvalue weighted by atomic mass is 32.1. The van der Waals surface area contributed by atoms with Crippen LogP contribution in [0.4, 0.5) is 10.1 Å². The SMILES string of the molecule is CCC(Nc1cccc(F)c1C(=O)O)c1nccs1. The molecule has 1 unspecified atom stereocenters. The Kier molecular flexibility index (Phi) is 4.11. The quantitative estimate of drug-likeness (QED) is 0.879. The zero-order valence-electron chi connectivity index (χ0n) is 10.3. The van der Waals surface area contributed by atoms with Crippen LogP contribution in [0.1, 0.15) is 34.8 Å². The Morgan fingerprint density at radius 2 is 2.37 bits per heavy atom. The van der Waals surface area contributed by atoms with Crippen LogP contribution in [0.3, 0.4) is 0 Å². The molecular weight excluding hydrogens is 267 g/mol. The van der Waals surface area contributed by atoms with Gasteiger partial charge in [-0.1, -0.05) is 13.0 Å². The molecule has 19 heavy (non-hydrogen) atoms. The molecule has 0 radical (unpaired) electrons. The highest BCUT2D eigenvalue weighted by molar-refractivity contribution is 7.09. The number of carbonyl (C=O) groups is 1. The maximum Gasteiger partial charge on any atom is 0.340 e. The van der Waals surface area contributed by atoms with E-state index in [0.29, 0.717) is 0 Å². The molecule has 1 atom stereocenters. The summed E-state index contributed by atoms with van der Waals surface area (Å²) in [5, 5.41) is 14.8. The fraction of sp³-hybridized carbons (Fsp3) is 0.231. The predicted octanol–water partition coefficient (Wildman–Crippen LogP) is 3.54. The van der Waals surface area contributed by atoms with Crippen LogP contribution in [0.15, 0.2) is 29.8 Å². The second-order valence-corrected chi connectivity index (χ2v) is 4.87. The lowest BCUT2D eigenvalue weighted by Gasteiger charge is -2.17. The summed E-state index contributed by atoms with van der Waals surface area (Å²) < 4.78 is 13.6. The van der Waals surface area contributed by atoms with E-state index in [-0.39, 0.29) is 17.3 Å². The summed E-state index contributed by atoms with van der Waals surface area (Å²) in [7, 11) is 0. The summed E-state index contributed by atoms with van der Waals surface area (Å²) in [6, 6.07) is 4.06. The molecule has 4 nitrogen and oxygen atoms in total. The predicted molar refractivity (Wildman–Crippen MR) is 72.1 cm³/mol. The molecule has 100 valence electrons. The van der Waals surface area contributed by atoms with Crippen molar-refractivity contribution in [1.29, 1.82) is 0 Å². The molecule has 2 aromatic rings. The van der Waals surface area contributed by atoms with Crippen LogP contribution in [0.25, 0.3) is 0 Å². The van der Waals surface area contributed by atoms with E-state index in [1.807, 2.05) is 12.3 Å². The van der Waals surface area contributed by atoms with Crippen molar-refractivity contribution in [3.63, 3.8) is 0 Å². The molecule has 1 aromatic carbocycles. The van der Waals surface area contributed by atoms with E-state index in [2.05, 4.69) is 10.3 Å². The molecule has 2 N–H and O–H groups in total. The summed E-state index contributed by atoms with van der Waals surface area (Å²) in [5.74, 6) is -2.03. The number of thiazole rings is 1. The van der Waals surface area contributed by atoms with Gasteiger partial charge in [0.25, 0.3) is 0 Å². The van der Waals surface area contributed by atoms with E-state index in [4.69, 9.17) is 5.11 Å². The first kappa shape index (κ1) is 13.5. The van der Waals surface area contributed by atoms with E-state index in [1.165, 1.54) is 17.4 Å². The Labute approximate surface area is 113 Å². The first-order valence-electron chi connectivity index (χ1n) is 5.81. The van der Waals surface area contributed by atoms with Crippen LogP contribution in [0.2, 0.25) is 0 Å². The maximum atomic E-state index is 13.6. The third kappa shape index (κ3) is 2.90. The Morgan fingerprint density at radius 1 is 1.58 bits per heavy atom. The summed E-state index contributed by atoms with van der Waals surface area (Å²) in [4.78, 5) is 15.3. The molecule has 0 fully saturated rings. The number of nitrogens with zero attached hydrogens (tertiary/aromatic N) is 1. The van der Waals surface area contributed by atoms with Gasteiger partial charge in [0.2, 0.25) is 0 Å². The Balaban J connectivity index is 2.32. The fourth-order valence-corrected chi connectivity index (χ4v) is 2.57. The van der Waals surface area contributed by atoms with Crippen molar-refractivity contribution < 1.29 is 14.3 Å². The number of hydrogen-bond acceptors (Lipinski definition) is 4. The van der Waals surface area contributed by atoms with Gasteiger partial charge >= 0.3 is 5.97 Å². The molecule has 1 aromatic heterocycles. The van der Waals surface area contributed by atoms with Crippen molar-refractivity contribution in [3.05, 3.63) is 46.2 Å². The van der Waals surface area contributed by atoms with E-state index in [1.54, 1.807) is 12.3 Å². The molecule has 6 heteroatoms. The molecule has 2 rings (SSSR count). The van der Waals surface area contributed by atoms with E-state index in [9.17, 15) is 9.18 Å². The average Bonchev–Trinajstić information content (AvgIpc) is 2.89. The van der Waals surface area contributed by atoms with Gasteiger partial charge in [0.05, 0.1) is 11.7 Å². The third-order valence-corrected chi connectivity index (χ3v) is 3.60. The van der Waals surface area contributed by atoms with Crippen LogP contribution in [-0.2, 0) is 0 Å². The van der Waals surface area contributed by atoms with Gasteiger partial charge in [0, 0.05) is 11.6 Å². The second-order valence-electron chi connectivity index (χ2n) is 3.94.